The van der Waals surface area contributed by atoms with Crippen LogP contribution in [0.5, 0.6) is 0 Å². The molecule has 0 aliphatic heterocycles. The molecular weight excluding hydrogens is 308 g/mol. The highest BCUT2D eigenvalue weighted by Gasteiger charge is 2.29. The maximum Gasteiger partial charge on any atom is 0.230 e. The van der Waals surface area contributed by atoms with Gasteiger partial charge >= 0.3 is 0 Å². The predicted molar refractivity (Wildman–Crippen MR) is 94.4 cm³/mol. The van der Waals surface area contributed by atoms with Crippen LogP contribution < -0.4 is 10.6 Å². The van der Waals surface area contributed by atoms with Crippen LogP contribution in [-0.4, -0.2) is 22.8 Å². The van der Waals surface area contributed by atoms with E-state index in [4.69, 9.17) is 0 Å². The Bertz CT molecular complexity index is 566. The molecule has 5 heteroatoms. The van der Waals surface area contributed by atoms with E-state index in [1.54, 1.807) is 11.8 Å². The van der Waals surface area contributed by atoms with Gasteiger partial charge in [0.1, 0.15) is 0 Å². The molecule has 1 aromatic rings. The zero-order valence-corrected chi connectivity index (χ0v) is 14.2. The van der Waals surface area contributed by atoms with Gasteiger partial charge in [-0.1, -0.05) is 25.0 Å². The SMILES string of the molecule is O=C(CSC1CCCC1)NCc1cccc(NC(=O)C2CC2)c1. The fraction of sp³-hybridized carbons (Fsp3) is 0.556. The van der Waals surface area contributed by atoms with E-state index in [1.807, 2.05) is 24.3 Å². The lowest BCUT2D eigenvalue weighted by molar-refractivity contribution is -0.119. The van der Waals surface area contributed by atoms with E-state index < -0.39 is 0 Å². The molecule has 0 bridgehead atoms. The molecule has 0 unspecified atom stereocenters. The Morgan fingerprint density at radius 3 is 2.65 bits per heavy atom. The molecule has 2 amide bonds. The topological polar surface area (TPSA) is 58.2 Å². The highest BCUT2D eigenvalue weighted by atomic mass is 32.2. The summed E-state index contributed by atoms with van der Waals surface area (Å²) >= 11 is 1.78. The van der Waals surface area contributed by atoms with Crippen molar-refractivity contribution in [2.24, 2.45) is 5.92 Å². The van der Waals surface area contributed by atoms with Crippen molar-refractivity contribution in [3.63, 3.8) is 0 Å². The molecule has 2 N–H and O–H groups in total. The third-order valence-electron chi connectivity index (χ3n) is 4.38. The summed E-state index contributed by atoms with van der Waals surface area (Å²) in [4.78, 5) is 23.7. The van der Waals surface area contributed by atoms with E-state index in [1.165, 1.54) is 25.7 Å². The molecule has 2 aliphatic carbocycles. The molecule has 0 radical (unpaired) electrons. The monoisotopic (exact) mass is 332 g/mol. The van der Waals surface area contributed by atoms with E-state index in [-0.39, 0.29) is 17.7 Å². The normalized spacial score (nSPS) is 17.9. The molecule has 0 spiro atoms. The smallest absolute Gasteiger partial charge is 0.230 e. The van der Waals surface area contributed by atoms with E-state index in [0.717, 1.165) is 24.1 Å². The second-order valence-corrected chi connectivity index (χ2v) is 7.75. The summed E-state index contributed by atoms with van der Waals surface area (Å²) in [5, 5.41) is 6.57. The van der Waals surface area contributed by atoms with Gasteiger partial charge in [-0.15, -0.1) is 11.8 Å². The van der Waals surface area contributed by atoms with Gasteiger partial charge in [-0.25, -0.2) is 0 Å². The van der Waals surface area contributed by atoms with Gasteiger partial charge in [-0.3, -0.25) is 9.59 Å². The van der Waals surface area contributed by atoms with Crippen LogP contribution in [0.15, 0.2) is 24.3 Å². The fourth-order valence-corrected chi connectivity index (χ4v) is 4.00. The first-order valence-corrected chi connectivity index (χ1v) is 9.54. The molecule has 2 aliphatic rings. The number of hydrogen-bond donors (Lipinski definition) is 2. The molecule has 2 saturated carbocycles. The minimum Gasteiger partial charge on any atom is -0.351 e. The number of anilines is 1. The molecule has 2 fully saturated rings. The molecule has 4 nitrogen and oxygen atoms in total. The minimum atomic E-state index is 0.0920. The van der Waals surface area contributed by atoms with Crippen LogP contribution >= 0.6 is 11.8 Å². The highest BCUT2D eigenvalue weighted by Crippen LogP contribution is 2.30. The molecular formula is C18H24N2O2S. The standard InChI is InChI=1S/C18H24N2O2S/c21-17(12-23-16-6-1-2-7-16)19-11-13-4-3-5-15(10-13)20-18(22)14-8-9-14/h3-5,10,14,16H,1-2,6-9,11-12H2,(H,19,21)(H,20,22). The lowest BCUT2D eigenvalue weighted by atomic mass is 10.2. The van der Waals surface area contributed by atoms with Crippen LogP contribution in [-0.2, 0) is 16.1 Å². The molecule has 0 heterocycles. The van der Waals surface area contributed by atoms with Gasteiger partial charge in [-0.05, 0) is 43.4 Å². The van der Waals surface area contributed by atoms with Crippen molar-refractivity contribution in [1.29, 1.82) is 0 Å². The van der Waals surface area contributed by atoms with Crippen molar-refractivity contribution >= 4 is 29.3 Å². The Morgan fingerprint density at radius 1 is 1.13 bits per heavy atom. The van der Waals surface area contributed by atoms with E-state index >= 15 is 0 Å². The van der Waals surface area contributed by atoms with Crippen molar-refractivity contribution in [3.05, 3.63) is 29.8 Å². The van der Waals surface area contributed by atoms with Crippen LogP contribution in [0.1, 0.15) is 44.1 Å². The van der Waals surface area contributed by atoms with Crippen molar-refractivity contribution in [3.8, 4) is 0 Å². The quantitative estimate of drug-likeness (QED) is 0.805. The zero-order valence-electron chi connectivity index (χ0n) is 13.3. The predicted octanol–water partition coefficient (Wildman–Crippen LogP) is 3.33. The van der Waals surface area contributed by atoms with Crippen LogP contribution in [0.4, 0.5) is 5.69 Å². The van der Waals surface area contributed by atoms with Crippen LogP contribution in [0.2, 0.25) is 0 Å². The summed E-state index contributed by atoms with van der Waals surface area (Å²) in [6.07, 6.45) is 7.11. The summed E-state index contributed by atoms with van der Waals surface area (Å²) in [6.45, 7) is 0.511. The Kier molecular flexibility index (Phi) is 5.60. The molecule has 0 aromatic heterocycles. The lowest BCUT2D eigenvalue weighted by Crippen LogP contribution is -2.25. The summed E-state index contributed by atoms with van der Waals surface area (Å²) in [7, 11) is 0. The summed E-state index contributed by atoms with van der Waals surface area (Å²) in [5.41, 5.74) is 1.83. The second kappa shape index (κ2) is 7.86. The van der Waals surface area contributed by atoms with Gasteiger partial charge < -0.3 is 10.6 Å². The molecule has 23 heavy (non-hydrogen) atoms. The number of hydrogen-bond acceptors (Lipinski definition) is 3. The Balaban J connectivity index is 1.41. The van der Waals surface area contributed by atoms with Crippen LogP contribution in [0.3, 0.4) is 0 Å². The zero-order chi connectivity index (χ0) is 16.1. The largest absolute Gasteiger partial charge is 0.351 e. The van der Waals surface area contributed by atoms with E-state index in [9.17, 15) is 9.59 Å². The maximum atomic E-state index is 11.9. The Morgan fingerprint density at radius 2 is 1.91 bits per heavy atom. The minimum absolute atomic E-state index is 0.0920. The number of amides is 2. The van der Waals surface area contributed by atoms with E-state index in [2.05, 4.69) is 10.6 Å². The number of benzene rings is 1. The van der Waals surface area contributed by atoms with Crippen molar-refractivity contribution in [2.45, 2.75) is 50.3 Å². The van der Waals surface area contributed by atoms with Gasteiger partial charge in [0.05, 0.1) is 5.75 Å². The van der Waals surface area contributed by atoms with Gasteiger partial charge in [-0.2, -0.15) is 0 Å². The first-order chi connectivity index (χ1) is 11.2. The van der Waals surface area contributed by atoms with Crippen molar-refractivity contribution < 1.29 is 9.59 Å². The fourth-order valence-electron chi connectivity index (χ4n) is 2.85. The number of thioether (sulfide) groups is 1. The van der Waals surface area contributed by atoms with Crippen molar-refractivity contribution in [1.82, 2.24) is 5.32 Å². The number of nitrogens with one attached hydrogen (secondary N) is 2. The lowest BCUT2D eigenvalue weighted by Gasteiger charge is -2.10. The summed E-state index contributed by atoms with van der Waals surface area (Å²) in [6, 6.07) is 7.71. The maximum absolute atomic E-state index is 11.9. The van der Waals surface area contributed by atoms with Gasteiger partial charge in [0.2, 0.25) is 11.8 Å². The second-order valence-electron chi connectivity index (χ2n) is 6.46. The first-order valence-electron chi connectivity index (χ1n) is 8.49. The third kappa shape index (κ3) is 5.27. The molecule has 1 aromatic carbocycles. The van der Waals surface area contributed by atoms with Gasteiger partial charge in [0, 0.05) is 23.4 Å². The average Bonchev–Trinajstić information content (AvgIpc) is 3.28. The van der Waals surface area contributed by atoms with Gasteiger partial charge in [0.25, 0.3) is 0 Å². The van der Waals surface area contributed by atoms with Crippen LogP contribution in [0.25, 0.3) is 0 Å². The number of carbonyl (C=O) groups excluding carboxylic acids is 2. The Labute approximate surface area is 141 Å². The summed E-state index contributed by atoms with van der Waals surface area (Å²) in [5.74, 6) is 0.947. The third-order valence-corrected chi connectivity index (χ3v) is 5.76. The first kappa shape index (κ1) is 16.4. The highest BCUT2D eigenvalue weighted by molar-refractivity contribution is 8.00. The molecule has 0 saturated heterocycles. The number of rotatable bonds is 7. The van der Waals surface area contributed by atoms with Gasteiger partial charge in [0.15, 0.2) is 0 Å². The van der Waals surface area contributed by atoms with Crippen molar-refractivity contribution in [2.75, 3.05) is 11.1 Å². The van der Waals surface area contributed by atoms with E-state index in [0.29, 0.717) is 17.5 Å². The Hall–Kier alpha value is -1.49. The van der Waals surface area contributed by atoms with Crippen LogP contribution in [0, 0.1) is 5.92 Å². The molecule has 3 rings (SSSR count). The molecule has 0 atom stereocenters. The average molecular weight is 332 g/mol. The molecule has 124 valence electrons. The number of carbonyl (C=O) groups is 2. The summed E-state index contributed by atoms with van der Waals surface area (Å²) < 4.78 is 0.